The molecule has 32 heavy (non-hydrogen) atoms. The van der Waals surface area contributed by atoms with Crippen molar-refractivity contribution >= 4 is 22.1 Å². The summed E-state index contributed by atoms with van der Waals surface area (Å²) in [6.45, 7) is 14.5. The minimum Gasteiger partial charge on any atom is -0.421 e. The second kappa shape index (κ2) is 7.45. The summed E-state index contributed by atoms with van der Waals surface area (Å²) in [5, 5.41) is 1.46. The average Bonchev–Trinajstić information content (AvgIpc) is 3.17. The standard InChI is InChI=1S/C25H29N5O2/c1-16-14-29-15-21(27-23(29)17(2)26-16)22-12-18-6-7-19(13-20(18)24(31)32-22)28-8-10-30(11-9-28)25(3,4)5/h6-7,12-15H,8-11H2,1-5H3. The highest BCUT2D eigenvalue weighted by molar-refractivity contribution is 5.87. The Morgan fingerprint density at radius 3 is 2.44 bits per heavy atom. The molecule has 0 saturated carbocycles. The van der Waals surface area contributed by atoms with E-state index in [0.29, 0.717) is 16.8 Å². The third-order valence-electron chi connectivity index (χ3n) is 6.32. The van der Waals surface area contributed by atoms with E-state index in [4.69, 9.17) is 4.42 Å². The highest BCUT2D eigenvalue weighted by atomic mass is 16.4. The van der Waals surface area contributed by atoms with Crippen molar-refractivity contribution < 1.29 is 4.42 Å². The molecule has 4 heterocycles. The van der Waals surface area contributed by atoms with E-state index in [9.17, 15) is 4.79 Å². The van der Waals surface area contributed by atoms with Crippen LogP contribution in [0.4, 0.5) is 5.69 Å². The van der Waals surface area contributed by atoms with Gasteiger partial charge in [-0.05, 0) is 58.2 Å². The van der Waals surface area contributed by atoms with Crippen LogP contribution >= 0.6 is 0 Å². The third-order valence-corrected chi connectivity index (χ3v) is 6.32. The number of hydrogen-bond acceptors (Lipinski definition) is 6. The number of imidazole rings is 1. The number of anilines is 1. The smallest absolute Gasteiger partial charge is 0.344 e. The Morgan fingerprint density at radius 1 is 0.969 bits per heavy atom. The van der Waals surface area contributed by atoms with Crippen molar-refractivity contribution in [3.8, 4) is 11.5 Å². The predicted molar refractivity (Wildman–Crippen MR) is 127 cm³/mol. The number of rotatable bonds is 2. The summed E-state index contributed by atoms with van der Waals surface area (Å²) in [6.07, 6.45) is 3.80. The van der Waals surface area contributed by atoms with Crippen LogP contribution in [-0.2, 0) is 0 Å². The van der Waals surface area contributed by atoms with Crippen molar-refractivity contribution in [3.05, 3.63) is 58.5 Å². The molecule has 1 saturated heterocycles. The Labute approximate surface area is 187 Å². The van der Waals surface area contributed by atoms with Gasteiger partial charge in [0.15, 0.2) is 11.4 Å². The van der Waals surface area contributed by atoms with Crippen LogP contribution in [0.25, 0.3) is 27.9 Å². The topological polar surface area (TPSA) is 66.9 Å². The molecule has 0 spiro atoms. The lowest BCUT2D eigenvalue weighted by Crippen LogP contribution is -2.53. The van der Waals surface area contributed by atoms with Crippen LogP contribution in [0, 0.1) is 13.8 Å². The maximum Gasteiger partial charge on any atom is 0.344 e. The fourth-order valence-corrected chi connectivity index (χ4v) is 4.55. The quantitative estimate of drug-likeness (QED) is 0.477. The van der Waals surface area contributed by atoms with Gasteiger partial charge in [-0.25, -0.2) is 9.78 Å². The van der Waals surface area contributed by atoms with Gasteiger partial charge in [-0.2, -0.15) is 0 Å². The molecule has 1 aliphatic heterocycles. The van der Waals surface area contributed by atoms with Gasteiger partial charge in [-0.15, -0.1) is 0 Å². The second-order valence-corrected chi connectivity index (χ2v) is 9.64. The number of aryl methyl sites for hydroxylation is 2. The van der Waals surface area contributed by atoms with Gasteiger partial charge in [0.05, 0.1) is 16.8 Å². The van der Waals surface area contributed by atoms with Crippen molar-refractivity contribution in [1.29, 1.82) is 0 Å². The molecule has 1 aliphatic rings. The summed E-state index contributed by atoms with van der Waals surface area (Å²) in [4.78, 5) is 26.8. The molecule has 1 fully saturated rings. The van der Waals surface area contributed by atoms with Crippen LogP contribution in [0.2, 0.25) is 0 Å². The van der Waals surface area contributed by atoms with E-state index >= 15 is 0 Å². The Hall–Kier alpha value is -3.19. The van der Waals surface area contributed by atoms with Gasteiger partial charge in [0.1, 0.15) is 5.69 Å². The predicted octanol–water partition coefficient (Wildman–Crippen LogP) is 4.04. The molecule has 7 heteroatoms. The van der Waals surface area contributed by atoms with E-state index in [1.54, 1.807) is 0 Å². The monoisotopic (exact) mass is 431 g/mol. The molecule has 0 unspecified atom stereocenters. The average molecular weight is 432 g/mol. The van der Waals surface area contributed by atoms with E-state index in [2.05, 4.69) is 46.6 Å². The highest BCUT2D eigenvalue weighted by Crippen LogP contribution is 2.27. The van der Waals surface area contributed by atoms with Crippen LogP contribution in [0.3, 0.4) is 0 Å². The lowest BCUT2D eigenvalue weighted by molar-refractivity contribution is 0.128. The Balaban J connectivity index is 1.47. The fourth-order valence-electron chi connectivity index (χ4n) is 4.55. The summed E-state index contributed by atoms with van der Waals surface area (Å²) < 4.78 is 7.63. The first-order chi connectivity index (χ1) is 15.2. The van der Waals surface area contributed by atoms with E-state index < -0.39 is 0 Å². The van der Waals surface area contributed by atoms with Crippen LogP contribution in [0.15, 0.2) is 45.9 Å². The molecule has 3 aromatic heterocycles. The maximum atomic E-state index is 12.9. The summed E-state index contributed by atoms with van der Waals surface area (Å²) in [7, 11) is 0. The second-order valence-electron chi connectivity index (χ2n) is 9.64. The lowest BCUT2D eigenvalue weighted by atomic mass is 10.0. The molecule has 166 valence electrons. The first-order valence-electron chi connectivity index (χ1n) is 11.1. The Kier molecular flexibility index (Phi) is 4.82. The molecule has 0 aliphatic carbocycles. The highest BCUT2D eigenvalue weighted by Gasteiger charge is 2.26. The van der Waals surface area contributed by atoms with Crippen molar-refractivity contribution in [1.82, 2.24) is 19.3 Å². The lowest BCUT2D eigenvalue weighted by Gasteiger charge is -2.43. The molecular formula is C25H29N5O2. The number of fused-ring (bicyclic) bond motifs is 2. The van der Waals surface area contributed by atoms with E-state index in [1.165, 1.54) is 0 Å². The number of piperazine rings is 1. The van der Waals surface area contributed by atoms with E-state index in [1.807, 2.05) is 48.8 Å². The first-order valence-corrected chi connectivity index (χ1v) is 11.1. The van der Waals surface area contributed by atoms with Gasteiger partial charge in [-0.3, -0.25) is 9.88 Å². The van der Waals surface area contributed by atoms with Gasteiger partial charge in [0, 0.05) is 49.8 Å². The Bertz CT molecular complexity index is 1370. The molecule has 1 aromatic carbocycles. The number of hydrogen-bond donors (Lipinski definition) is 0. The minimum atomic E-state index is -0.337. The molecule has 0 bridgehead atoms. The van der Waals surface area contributed by atoms with Gasteiger partial charge in [0.25, 0.3) is 0 Å². The van der Waals surface area contributed by atoms with Crippen LogP contribution in [0.5, 0.6) is 0 Å². The Morgan fingerprint density at radius 2 is 1.72 bits per heavy atom. The normalized spacial score (nSPS) is 15.7. The fraction of sp³-hybridized carbons (Fsp3) is 0.400. The molecule has 0 radical (unpaired) electrons. The third kappa shape index (κ3) is 3.66. The number of nitrogens with zero attached hydrogens (tertiary/aromatic N) is 5. The van der Waals surface area contributed by atoms with Gasteiger partial charge >= 0.3 is 5.63 Å². The summed E-state index contributed by atoms with van der Waals surface area (Å²) in [5.41, 5.74) is 4.05. The molecule has 0 N–H and O–H groups in total. The maximum absolute atomic E-state index is 12.9. The molecule has 7 nitrogen and oxygen atoms in total. The minimum absolute atomic E-state index is 0.179. The van der Waals surface area contributed by atoms with Gasteiger partial charge < -0.3 is 13.7 Å². The molecule has 0 amide bonds. The van der Waals surface area contributed by atoms with Crippen LogP contribution in [-0.4, -0.2) is 51.0 Å². The summed E-state index contributed by atoms with van der Waals surface area (Å²) >= 11 is 0. The molecule has 0 atom stereocenters. The van der Waals surface area contributed by atoms with Crippen molar-refractivity contribution in [2.45, 2.75) is 40.2 Å². The zero-order valence-corrected chi connectivity index (χ0v) is 19.3. The van der Waals surface area contributed by atoms with E-state index in [0.717, 1.165) is 54.3 Å². The van der Waals surface area contributed by atoms with Crippen LogP contribution < -0.4 is 10.5 Å². The van der Waals surface area contributed by atoms with Crippen molar-refractivity contribution in [3.63, 3.8) is 0 Å². The van der Waals surface area contributed by atoms with Crippen molar-refractivity contribution in [2.75, 3.05) is 31.1 Å². The summed E-state index contributed by atoms with van der Waals surface area (Å²) in [6, 6.07) is 7.96. The zero-order chi connectivity index (χ0) is 22.6. The SMILES string of the molecule is Cc1cn2cc(-c3cc4ccc(N5CCN(C(C)(C)C)CC5)cc4c(=O)o3)nc2c(C)n1. The summed E-state index contributed by atoms with van der Waals surface area (Å²) in [5.74, 6) is 0.467. The van der Waals surface area contributed by atoms with E-state index in [-0.39, 0.29) is 11.2 Å². The zero-order valence-electron chi connectivity index (χ0n) is 19.3. The van der Waals surface area contributed by atoms with Gasteiger partial charge in [0.2, 0.25) is 0 Å². The van der Waals surface area contributed by atoms with Crippen molar-refractivity contribution in [2.24, 2.45) is 0 Å². The number of aromatic nitrogens is 3. The molecule has 4 aromatic rings. The van der Waals surface area contributed by atoms with Gasteiger partial charge in [-0.1, -0.05) is 6.07 Å². The number of benzene rings is 1. The van der Waals surface area contributed by atoms with Crippen LogP contribution in [0.1, 0.15) is 32.2 Å². The first kappa shape index (κ1) is 20.7. The largest absolute Gasteiger partial charge is 0.421 e. The molecular weight excluding hydrogens is 402 g/mol. The molecule has 5 rings (SSSR count).